The highest BCUT2D eigenvalue weighted by Crippen LogP contribution is 2.32. The van der Waals surface area contributed by atoms with Crippen molar-refractivity contribution in [1.82, 2.24) is 5.32 Å². The number of anilines is 1. The van der Waals surface area contributed by atoms with Crippen molar-refractivity contribution in [1.29, 1.82) is 5.26 Å². The Morgan fingerprint density at radius 1 is 1.56 bits per heavy atom. The molecular formula is C13H17N3OS. The summed E-state index contributed by atoms with van der Waals surface area (Å²) in [5.41, 5.74) is -0.431. The zero-order valence-corrected chi connectivity index (χ0v) is 11.2. The molecule has 1 fully saturated rings. The van der Waals surface area contributed by atoms with Crippen molar-refractivity contribution in [3.63, 3.8) is 0 Å². The van der Waals surface area contributed by atoms with Gasteiger partial charge in [0.15, 0.2) is 0 Å². The van der Waals surface area contributed by atoms with Crippen molar-refractivity contribution in [2.75, 3.05) is 12.4 Å². The van der Waals surface area contributed by atoms with Crippen LogP contribution in [0.1, 0.15) is 25.7 Å². The van der Waals surface area contributed by atoms with Gasteiger partial charge in [-0.15, -0.1) is 11.3 Å². The Hall–Kier alpha value is -1.38. The van der Waals surface area contributed by atoms with Crippen LogP contribution in [-0.4, -0.2) is 18.5 Å². The quantitative estimate of drug-likeness (QED) is 0.880. The van der Waals surface area contributed by atoms with Gasteiger partial charge in [0.05, 0.1) is 11.1 Å². The van der Waals surface area contributed by atoms with E-state index in [1.54, 1.807) is 0 Å². The molecule has 2 rings (SSSR count). The topological polar surface area (TPSA) is 64.9 Å². The van der Waals surface area contributed by atoms with E-state index in [9.17, 15) is 4.79 Å². The minimum Gasteiger partial charge on any atom is -0.317 e. The lowest BCUT2D eigenvalue weighted by atomic mass is 9.77. The molecule has 0 unspecified atom stereocenters. The third-order valence-corrected chi connectivity index (χ3v) is 4.46. The molecule has 1 saturated carbocycles. The van der Waals surface area contributed by atoms with E-state index in [0.29, 0.717) is 0 Å². The number of nitrogens with zero attached hydrogens (tertiary/aromatic N) is 1. The third kappa shape index (κ3) is 2.71. The SMILES string of the molecule is CNC1(C#N)CCC(C(=O)Nc2cccs2)CC1. The minimum atomic E-state index is -0.431. The summed E-state index contributed by atoms with van der Waals surface area (Å²) in [6.45, 7) is 0. The summed E-state index contributed by atoms with van der Waals surface area (Å²) < 4.78 is 0. The first-order valence-electron chi connectivity index (χ1n) is 6.14. The normalized spacial score (nSPS) is 27.4. The third-order valence-electron chi connectivity index (χ3n) is 3.67. The van der Waals surface area contributed by atoms with Gasteiger partial charge in [0.2, 0.25) is 5.91 Å². The fraction of sp³-hybridized carbons (Fsp3) is 0.538. The Kier molecular flexibility index (Phi) is 4.00. The summed E-state index contributed by atoms with van der Waals surface area (Å²) in [7, 11) is 1.81. The maximum atomic E-state index is 12.0. The second kappa shape index (κ2) is 5.51. The van der Waals surface area contributed by atoms with Crippen molar-refractivity contribution in [2.24, 2.45) is 5.92 Å². The molecule has 0 atom stereocenters. The number of carbonyl (C=O) groups excluding carboxylic acids is 1. The van der Waals surface area contributed by atoms with Gasteiger partial charge >= 0.3 is 0 Å². The average molecular weight is 263 g/mol. The first-order valence-corrected chi connectivity index (χ1v) is 7.01. The van der Waals surface area contributed by atoms with Crippen LogP contribution in [0.3, 0.4) is 0 Å². The molecule has 2 N–H and O–H groups in total. The molecule has 1 amide bonds. The fourth-order valence-corrected chi connectivity index (χ4v) is 2.98. The molecule has 18 heavy (non-hydrogen) atoms. The first kappa shape index (κ1) is 13.1. The molecule has 1 aliphatic carbocycles. The van der Waals surface area contributed by atoms with Crippen LogP contribution in [0.4, 0.5) is 5.00 Å². The molecule has 0 saturated heterocycles. The second-order valence-corrected chi connectivity index (χ2v) is 5.63. The summed E-state index contributed by atoms with van der Waals surface area (Å²) in [6.07, 6.45) is 3.02. The lowest BCUT2D eigenvalue weighted by Crippen LogP contribution is -2.46. The molecule has 96 valence electrons. The van der Waals surface area contributed by atoms with Gasteiger partial charge in [0.1, 0.15) is 5.54 Å². The van der Waals surface area contributed by atoms with Crippen molar-refractivity contribution < 1.29 is 4.79 Å². The zero-order valence-electron chi connectivity index (χ0n) is 10.4. The van der Waals surface area contributed by atoms with E-state index >= 15 is 0 Å². The maximum absolute atomic E-state index is 12.0. The standard InChI is InChI=1S/C13H17N3OS/c1-15-13(9-14)6-4-10(5-7-13)12(17)16-11-3-2-8-18-11/h2-3,8,10,15H,4-7H2,1H3,(H,16,17). The molecule has 1 heterocycles. The molecule has 1 aliphatic rings. The Balaban J connectivity index is 1.90. The number of hydrogen-bond donors (Lipinski definition) is 2. The Labute approximate surface area is 111 Å². The van der Waals surface area contributed by atoms with Crippen molar-refractivity contribution in [2.45, 2.75) is 31.2 Å². The van der Waals surface area contributed by atoms with Crippen molar-refractivity contribution >= 4 is 22.2 Å². The molecule has 5 heteroatoms. The molecular weight excluding hydrogens is 246 g/mol. The molecule has 0 aliphatic heterocycles. The Bertz CT molecular complexity index is 441. The number of rotatable bonds is 3. The van der Waals surface area contributed by atoms with Gasteiger partial charge in [-0.1, -0.05) is 0 Å². The van der Waals surface area contributed by atoms with Crippen LogP contribution in [0.25, 0.3) is 0 Å². The number of thiophene rings is 1. The number of nitrogens with one attached hydrogen (secondary N) is 2. The predicted molar refractivity (Wildman–Crippen MR) is 72.3 cm³/mol. The molecule has 0 bridgehead atoms. The van der Waals surface area contributed by atoms with Crippen LogP contribution in [-0.2, 0) is 4.79 Å². The number of hydrogen-bond acceptors (Lipinski definition) is 4. The number of amides is 1. The average Bonchev–Trinajstić information content (AvgIpc) is 2.91. The first-order chi connectivity index (χ1) is 8.69. The van der Waals surface area contributed by atoms with Gasteiger partial charge in [0.25, 0.3) is 0 Å². The summed E-state index contributed by atoms with van der Waals surface area (Å²) in [5.74, 6) is 0.113. The van der Waals surface area contributed by atoms with Crippen molar-refractivity contribution in [3.8, 4) is 6.07 Å². The lowest BCUT2D eigenvalue weighted by Gasteiger charge is -2.33. The predicted octanol–water partition coefficient (Wildman–Crippen LogP) is 2.36. The Morgan fingerprint density at radius 2 is 2.28 bits per heavy atom. The van der Waals surface area contributed by atoms with E-state index in [4.69, 9.17) is 5.26 Å². The minimum absolute atomic E-state index is 0.0296. The molecule has 1 aromatic heterocycles. The van der Waals surface area contributed by atoms with E-state index in [0.717, 1.165) is 30.7 Å². The monoisotopic (exact) mass is 263 g/mol. The van der Waals surface area contributed by atoms with E-state index in [1.807, 2.05) is 24.6 Å². The molecule has 1 aromatic rings. The molecule has 4 nitrogen and oxygen atoms in total. The molecule has 0 radical (unpaired) electrons. The zero-order chi connectivity index (χ0) is 13.0. The van der Waals surface area contributed by atoms with Crippen molar-refractivity contribution in [3.05, 3.63) is 17.5 Å². The van der Waals surface area contributed by atoms with Crippen LogP contribution in [0.2, 0.25) is 0 Å². The van der Waals surface area contributed by atoms with E-state index in [-0.39, 0.29) is 11.8 Å². The smallest absolute Gasteiger partial charge is 0.228 e. The van der Waals surface area contributed by atoms with Gasteiger partial charge < -0.3 is 10.6 Å². The highest BCUT2D eigenvalue weighted by Gasteiger charge is 2.36. The molecule has 0 spiro atoms. The van der Waals surface area contributed by atoms with Crippen LogP contribution >= 0.6 is 11.3 Å². The number of nitriles is 1. The number of carbonyl (C=O) groups is 1. The fourth-order valence-electron chi connectivity index (χ4n) is 2.36. The summed E-state index contributed by atoms with van der Waals surface area (Å²) >= 11 is 1.53. The lowest BCUT2D eigenvalue weighted by molar-refractivity contribution is -0.121. The van der Waals surface area contributed by atoms with Gasteiger partial charge in [-0.2, -0.15) is 5.26 Å². The van der Waals surface area contributed by atoms with Gasteiger partial charge in [-0.25, -0.2) is 0 Å². The molecule has 0 aromatic carbocycles. The van der Waals surface area contributed by atoms with Gasteiger partial charge in [0, 0.05) is 5.92 Å². The van der Waals surface area contributed by atoms with E-state index in [1.165, 1.54) is 11.3 Å². The summed E-state index contributed by atoms with van der Waals surface area (Å²) in [5, 5.41) is 18.0. The van der Waals surface area contributed by atoms with Crippen LogP contribution in [0, 0.1) is 17.2 Å². The van der Waals surface area contributed by atoms with Gasteiger partial charge in [-0.3, -0.25) is 4.79 Å². The second-order valence-electron chi connectivity index (χ2n) is 4.68. The Morgan fingerprint density at radius 3 is 2.78 bits per heavy atom. The van der Waals surface area contributed by atoms with Crippen LogP contribution < -0.4 is 10.6 Å². The highest BCUT2D eigenvalue weighted by molar-refractivity contribution is 7.14. The van der Waals surface area contributed by atoms with E-state index in [2.05, 4.69) is 16.7 Å². The highest BCUT2D eigenvalue weighted by atomic mass is 32.1. The maximum Gasteiger partial charge on any atom is 0.228 e. The summed E-state index contributed by atoms with van der Waals surface area (Å²) in [4.78, 5) is 12.0. The van der Waals surface area contributed by atoms with Crippen LogP contribution in [0.15, 0.2) is 17.5 Å². The van der Waals surface area contributed by atoms with Crippen LogP contribution in [0.5, 0.6) is 0 Å². The van der Waals surface area contributed by atoms with E-state index < -0.39 is 5.54 Å². The largest absolute Gasteiger partial charge is 0.317 e. The summed E-state index contributed by atoms with van der Waals surface area (Å²) in [6, 6.07) is 6.15. The van der Waals surface area contributed by atoms with Gasteiger partial charge in [-0.05, 0) is 50.2 Å².